The van der Waals surface area contributed by atoms with Gasteiger partial charge in [-0.1, -0.05) is 34.7 Å². The van der Waals surface area contributed by atoms with Crippen molar-refractivity contribution in [1.82, 2.24) is 29.9 Å². The molecule has 10 nitrogen and oxygen atoms in total. The van der Waals surface area contributed by atoms with Crippen LogP contribution in [0.1, 0.15) is 37.1 Å². The van der Waals surface area contributed by atoms with Crippen molar-refractivity contribution in [2.75, 3.05) is 12.4 Å². The Morgan fingerprint density at radius 3 is 2.71 bits per heavy atom. The van der Waals surface area contributed by atoms with E-state index in [1.807, 2.05) is 37.3 Å². The second-order valence-corrected chi connectivity index (χ2v) is 8.90. The molecule has 0 spiro atoms. The summed E-state index contributed by atoms with van der Waals surface area (Å²) in [6.07, 6.45) is 3.01. The quantitative estimate of drug-likeness (QED) is 0.472. The van der Waals surface area contributed by atoms with Crippen LogP contribution < -0.4 is 10.1 Å². The molecule has 34 heavy (non-hydrogen) atoms. The number of carbonyl (C=O) groups is 2. The molecular formula is C23H21N7O3S. The largest absolute Gasteiger partial charge is 0.496 e. The van der Waals surface area contributed by atoms with Crippen LogP contribution in [-0.4, -0.2) is 48.8 Å². The smallest absolute Gasteiger partial charge is 0.274 e. The standard InChI is InChI=1S/C23H21N7O3S/c1-13-8-15(14-6-4-5-7-19(14)33-3)16(9-24-13)21(31)27-23-26-17-11-30(12-20(17)34-23)22(32)18-10-25-28-29(18)2/h4-10H,11-12H2,1-3H3,(H,26,27,31). The fourth-order valence-corrected chi connectivity index (χ4v) is 4.86. The Labute approximate surface area is 199 Å². The molecule has 0 unspecified atom stereocenters. The molecule has 172 valence electrons. The molecule has 2 amide bonds. The maximum atomic E-state index is 13.2. The van der Waals surface area contributed by atoms with Gasteiger partial charge in [-0.25, -0.2) is 9.67 Å². The number of nitrogens with one attached hydrogen (secondary N) is 1. The third-order valence-corrected chi connectivity index (χ3v) is 6.57. The fraction of sp³-hybridized carbons (Fsp3) is 0.217. The molecule has 0 atom stereocenters. The van der Waals surface area contributed by atoms with Crippen LogP contribution in [0.15, 0.2) is 42.7 Å². The Morgan fingerprint density at radius 1 is 1.15 bits per heavy atom. The molecule has 0 aliphatic carbocycles. The molecule has 4 heterocycles. The molecular weight excluding hydrogens is 454 g/mol. The molecule has 1 aromatic carbocycles. The Kier molecular flexibility index (Phi) is 5.54. The molecule has 3 aromatic heterocycles. The summed E-state index contributed by atoms with van der Waals surface area (Å²) in [6, 6.07) is 9.41. The highest BCUT2D eigenvalue weighted by atomic mass is 32.1. The van der Waals surface area contributed by atoms with Crippen molar-refractivity contribution in [1.29, 1.82) is 0 Å². The van der Waals surface area contributed by atoms with E-state index in [9.17, 15) is 9.59 Å². The summed E-state index contributed by atoms with van der Waals surface area (Å²) in [4.78, 5) is 37.4. The second kappa shape index (κ2) is 8.67. The maximum absolute atomic E-state index is 13.2. The van der Waals surface area contributed by atoms with Gasteiger partial charge in [-0.3, -0.25) is 19.9 Å². The maximum Gasteiger partial charge on any atom is 0.274 e. The Balaban J connectivity index is 1.36. The van der Waals surface area contributed by atoms with E-state index in [0.717, 1.165) is 27.4 Å². The van der Waals surface area contributed by atoms with E-state index in [1.54, 1.807) is 25.3 Å². The zero-order valence-corrected chi connectivity index (χ0v) is 19.6. The van der Waals surface area contributed by atoms with Crippen molar-refractivity contribution >= 4 is 28.3 Å². The number of para-hydroxylation sites is 1. The number of benzene rings is 1. The average molecular weight is 476 g/mol. The SMILES string of the molecule is COc1ccccc1-c1cc(C)ncc1C(=O)Nc1nc2c(s1)CN(C(=O)c1cnnn1C)C2. The number of fused-ring (bicyclic) bond motifs is 1. The topological polar surface area (TPSA) is 115 Å². The van der Waals surface area contributed by atoms with E-state index in [-0.39, 0.29) is 11.8 Å². The van der Waals surface area contributed by atoms with Crippen LogP contribution in [0.25, 0.3) is 11.1 Å². The van der Waals surface area contributed by atoms with Crippen LogP contribution in [0.5, 0.6) is 5.75 Å². The lowest BCUT2D eigenvalue weighted by Gasteiger charge is -2.15. The number of nitrogens with zero attached hydrogens (tertiary/aromatic N) is 6. The number of ether oxygens (including phenoxy) is 1. The Hall–Kier alpha value is -4.12. The van der Waals surface area contributed by atoms with Gasteiger partial charge < -0.3 is 9.64 Å². The van der Waals surface area contributed by atoms with Crippen LogP contribution in [-0.2, 0) is 20.1 Å². The number of methoxy groups -OCH3 is 1. The summed E-state index contributed by atoms with van der Waals surface area (Å²) >= 11 is 1.36. The van der Waals surface area contributed by atoms with E-state index in [0.29, 0.717) is 35.2 Å². The van der Waals surface area contributed by atoms with Crippen molar-refractivity contribution in [3.8, 4) is 16.9 Å². The fourth-order valence-electron chi connectivity index (χ4n) is 3.88. The minimum absolute atomic E-state index is 0.157. The first kappa shape index (κ1) is 21.7. The molecule has 0 bridgehead atoms. The van der Waals surface area contributed by atoms with E-state index in [4.69, 9.17) is 4.74 Å². The monoisotopic (exact) mass is 475 g/mol. The van der Waals surface area contributed by atoms with E-state index < -0.39 is 0 Å². The van der Waals surface area contributed by atoms with Crippen molar-refractivity contribution in [3.05, 3.63) is 70.2 Å². The minimum atomic E-state index is -0.310. The molecule has 5 rings (SSSR count). The molecule has 0 saturated heterocycles. The average Bonchev–Trinajstić information content (AvgIpc) is 3.53. The molecule has 4 aromatic rings. The lowest BCUT2D eigenvalue weighted by Crippen LogP contribution is -2.27. The molecule has 0 fully saturated rings. The lowest BCUT2D eigenvalue weighted by atomic mass is 9.99. The van der Waals surface area contributed by atoms with Crippen molar-refractivity contribution in [2.24, 2.45) is 7.05 Å². The molecule has 11 heteroatoms. The predicted octanol–water partition coefficient (Wildman–Crippen LogP) is 3.06. The highest BCUT2D eigenvalue weighted by molar-refractivity contribution is 7.16. The minimum Gasteiger partial charge on any atom is -0.496 e. The number of rotatable bonds is 5. The first-order valence-electron chi connectivity index (χ1n) is 10.5. The Bertz CT molecular complexity index is 1390. The van der Waals surface area contributed by atoms with Crippen LogP contribution in [0.3, 0.4) is 0 Å². The summed E-state index contributed by atoms with van der Waals surface area (Å²) in [7, 11) is 3.28. The lowest BCUT2D eigenvalue weighted by molar-refractivity contribution is 0.0739. The van der Waals surface area contributed by atoms with Gasteiger partial charge in [-0.2, -0.15) is 0 Å². The number of carbonyl (C=O) groups excluding carboxylic acids is 2. The number of amides is 2. The van der Waals surface area contributed by atoms with Crippen LogP contribution in [0, 0.1) is 6.92 Å². The van der Waals surface area contributed by atoms with E-state index in [2.05, 4.69) is 25.6 Å². The predicted molar refractivity (Wildman–Crippen MR) is 126 cm³/mol. The second-order valence-electron chi connectivity index (χ2n) is 7.82. The number of hydrogen-bond acceptors (Lipinski definition) is 8. The zero-order valence-electron chi connectivity index (χ0n) is 18.8. The summed E-state index contributed by atoms with van der Waals surface area (Å²) in [6.45, 7) is 2.66. The number of pyridine rings is 1. The van der Waals surface area contributed by atoms with Gasteiger partial charge >= 0.3 is 0 Å². The third-order valence-electron chi connectivity index (χ3n) is 5.58. The highest BCUT2D eigenvalue weighted by Gasteiger charge is 2.30. The summed E-state index contributed by atoms with van der Waals surface area (Å²) in [5, 5.41) is 11.0. The molecule has 1 aliphatic rings. The number of thiazole rings is 1. The van der Waals surface area contributed by atoms with Gasteiger partial charge in [0, 0.05) is 30.1 Å². The van der Waals surface area contributed by atoms with Crippen molar-refractivity contribution < 1.29 is 14.3 Å². The van der Waals surface area contributed by atoms with Crippen LogP contribution >= 0.6 is 11.3 Å². The first-order chi connectivity index (χ1) is 16.4. The van der Waals surface area contributed by atoms with Crippen LogP contribution in [0.4, 0.5) is 5.13 Å². The van der Waals surface area contributed by atoms with Crippen LogP contribution in [0.2, 0.25) is 0 Å². The molecule has 1 N–H and O–H groups in total. The van der Waals surface area contributed by atoms with Gasteiger partial charge in [0.25, 0.3) is 11.8 Å². The van der Waals surface area contributed by atoms with Gasteiger partial charge in [-0.05, 0) is 19.1 Å². The molecule has 1 aliphatic heterocycles. The number of aromatic nitrogens is 5. The zero-order chi connectivity index (χ0) is 23.8. The number of aryl methyl sites for hydroxylation is 2. The van der Waals surface area contributed by atoms with Crippen molar-refractivity contribution in [3.63, 3.8) is 0 Å². The molecule has 0 saturated carbocycles. The summed E-state index contributed by atoms with van der Waals surface area (Å²) < 4.78 is 6.94. The normalized spacial score (nSPS) is 12.5. The highest BCUT2D eigenvalue weighted by Crippen LogP contribution is 2.34. The van der Waals surface area contributed by atoms with E-state index >= 15 is 0 Å². The number of hydrogen-bond donors (Lipinski definition) is 1. The van der Waals surface area contributed by atoms with E-state index in [1.165, 1.54) is 22.2 Å². The van der Waals surface area contributed by atoms with Gasteiger partial charge in [0.1, 0.15) is 11.4 Å². The molecule has 0 radical (unpaired) electrons. The van der Waals surface area contributed by atoms with Gasteiger partial charge in [0.05, 0.1) is 42.5 Å². The number of anilines is 1. The van der Waals surface area contributed by atoms with Gasteiger partial charge in [-0.15, -0.1) is 5.10 Å². The van der Waals surface area contributed by atoms with Gasteiger partial charge in [0.15, 0.2) is 5.13 Å². The van der Waals surface area contributed by atoms with Gasteiger partial charge in [0.2, 0.25) is 0 Å². The summed E-state index contributed by atoms with van der Waals surface area (Å²) in [5.41, 5.74) is 3.94. The summed E-state index contributed by atoms with van der Waals surface area (Å²) in [5.74, 6) is 0.203. The third kappa shape index (κ3) is 3.90. The first-order valence-corrected chi connectivity index (χ1v) is 11.3. The van der Waals surface area contributed by atoms with Crippen molar-refractivity contribution in [2.45, 2.75) is 20.0 Å². The Morgan fingerprint density at radius 2 is 1.97 bits per heavy atom.